The molecule has 3 aromatic rings. The minimum absolute atomic E-state index is 0.117. The van der Waals surface area contributed by atoms with Gasteiger partial charge in [0, 0.05) is 22.9 Å². The fraction of sp³-hybridized carbons (Fsp3) is 0.176. The molecular weight excluding hydrogens is 331 g/mol. The van der Waals surface area contributed by atoms with Crippen molar-refractivity contribution in [3.8, 4) is 10.6 Å². The van der Waals surface area contributed by atoms with Crippen molar-refractivity contribution in [2.24, 2.45) is 0 Å². The second-order valence-electron chi connectivity index (χ2n) is 5.19. The van der Waals surface area contributed by atoms with Crippen LogP contribution in [-0.4, -0.2) is 10.9 Å². The van der Waals surface area contributed by atoms with Crippen molar-refractivity contribution in [2.45, 2.75) is 19.9 Å². The quantitative estimate of drug-likeness (QED) is 0.753. The van der Waals surface area contributed by atoms with Gasteiger partial charge in [-0.3, -0.25) is 4.79 Å². The average molecular weight is 346 g/mol. The summed E-state index contributed by atoms with van der Waals surface area (Å²) in [6.07, 6.45) is 0.231. The number of hydrogen-bond donors (Lipinski definition) is 1. The van der Waals surface area contributed by atoms with Gasteiger partial charge in [-0.25, -0.2) is 9.37 Å². The summed E-state index contributed by atoms with van der Waals surface area (Å²) in [6.45, 7) is 2.03. The fourth-order valence-electron chi connectivity index (χ4n) is 2.08. The van der Waals surface area contributed by atoms with Crippen LogP contribution in [0.15, 0.2) is 40.4 Å². The Morgan fingerprint density at radius 3 is 2.91 bits per heavy atom. The average Bonchev–Trinajstić information content (AvgIpc) is 3.19. The molecule has 0 unspecified atom stereocenters. The molecule has 1 aromatic carbocycles. The topological polar surface area (TPSA) is 42.0 Å². The Kier molecular flexibility index (Phi) is 4.83. The maximum atomic E-state index is 13.5. The van der Waals surface area contributed by atoms with Crippen LogP contribution in [0, 0.1) is 12.7 Å². The molecule has 0 atom stereocenters. The molecule has 1 amide bonds. The number of rotatable bonds is 5. The van der Waals surface area contributed by atoms with Crippen molar-refractivity contribution in [2.75, 3.05) is 0 Å². The summed E-state index contributed by atoms with van der Waals surface area (Å²) in [5.41, 5.74) is 3.19. The Morgan fingerprint density at radius 1 is 1.30 bits per heavy atom. The Morgan fingerprint density at radius 2 is 2.17 bits per heavy atom. The van der Waals surface area contributed by atoms with E-state index >= 15 is 0 Å². The van der Waals surface area contributed by atoms with Crippen molar-refractivity contribution in [3.63, 3.8) is 0 Å². The van der Waals surface area contributed by atoms with Gasteiger partial charge in [-0.2, -0.15) is 11.3 Å². The van der Waals surface area contributed by atoms with Gasteiger partial charge >= 0.3 is 0 Å². The van der Waals surface area contributed by atoms with E-state index in [4.69, 9.17) is 0 Å². The predicted molar refractivity (Wildman–Crippen MR) is 92.1 cm³/mol. The maximum absolute atomic E-state index is 13.5. The van der Waals surface area contributed by atoms with Crippen LogP contribution in [-0.2, 0) is 17.8 Å². The van der Waals surface area contributed by atoms with Gasteiger partial charge in [0.2, 0.25) is 5.91 Å². The third kappa shape index (κ3) is 4.03. The zero-order valence-electron chi connectivity index (χ0n) is 12.5. The van der Waals surface area contributed by atoms with Crippen molar-refractivity contribution in [3.05, 3.63) is 63.0 Å². The number of aromatic nitrogens is 1. The second kappa shape index (κ2) is 7.02. The minimum Gasteiger partial charge on any atom is -0.352 e. The van der Waals surface area contributed by atoms with Crippen LogP contribution in [0.2, 0.25) is 0 Å². The molecule has 0 aliphatic rings. The highest BCUT2D eigenvalue weighted by Gasteiger charge is 2.09. The molecular formula is C17H15FN2OS2. The molecule has 2 aromatic heterocycles. The smallest absolute Gasteiger partial charge is 0.226 e. The van der Waals surface area contributed by atoms with Crippen molar-refractivity contribution in [1.29, 1.82) is 0 Å². The molecule has 2 heterocycles. The summed E-state index contributed by atoms with van der Waals surface area (Å²) in [6, 6.07) is 6.99. The van der Waals surface area contributed by atoms with Crippen LogP contribution >= 0.6 is 22.7 Å². The molecule has 0 bridgehead atoms. The Hall–Kier alpha value is -2.05. The van der Waals surface area contributed by atoms with Gasteiger partial charge in [0.05, 0.1) is 12.1 Å². The largest absolute Gasteiger partial charge is 0.352 e. The number of thiazole rings is 1. The van der Waals surface area contributed by atoms with Crippen LogP contribution < -0.4 is 5.32 Å². The van der Waals surface area contributed by atoms with Gasteiger partial charge in [-0.15, -0.1) is 11.3 Å². The molecule has 0 aliphatic carbocycles. The molecule has 23 heavy (non-hydrogen) atoms. The Labute approximate surface area is 141 Å². The molecule has 0 saturated heterocycles. The van der Waals surface area contributed by atoms with Crippen molar-refractivity contribution >= 4 is 28.6 Å². The summed E-state index contributed by atoms with van der Waals surface area (Å²) in [7, 11) is 0. The summed E-state index contributed by atoms with van der Waals surface area (Å²) in [4.78, 5) is 16.5. The van der Waals surface area contributed by atoms with Crippen molar-refractivity contribution in [1.82, 2.24) is 10.3 Å². The van der Waals surface area contributed by atoms with E-state index in [9.17, 15) is 9.18 Å². The Balaban J connectivity index is 1.56. The number of amides is 1. The third-order valence-corrected chi connectivity index (χ3v) is 5.01. The molecule has 0 aliphatic heterocycles. The first-order valence-corrected chi connectivity index (χ1v) is 8.93. The van der Waals surface area contributed by atoms with Crippen LogP contribution in [0.25, 0.3) is 10.6 Å². The summed E-state index contributed by atoms with van der Waals surface area (Å²) < 4.78 is 13.5. The van der Waals surface area contributed by atoms with Crippen molar-refractivity contribution < 1.29 is 9.18 Å². The highest BCUT2D eigenvalue weighted by atomic mass is 32.1. The molecule has 3 nitrogen and oxygen atoms in total. The number of benzene rings is 1. The summed E-state index contributed by atoms with van der Waals surface area (Å²) >= 11 is 3.16. The molecule has 0 radical (unpaired) electrons. The fourth-order valence-corrected chi connectivity index (χ4v) is 3.61. The second-order valence-corrected chi connectivity index (χ2v) is 6.83. The lowest BCUT2D eigenvalue weighted by atomic mass is 10.1. The molecule has 0 saturated carbocycles. The van der Waals surface area contributed by atoms with Crippen LogP contribution in [0.3, 0.4) is 0 Å². The van der Waals surface area contributed by atoms with E-state index in [1.54, 1.807) is 24.3 Å². The van der Waals surface area contributed by atoms with E-state index in [0.717, 1.165) is 21.8 Å². The minimum atomic E-state index is -0.253. The number of carbonyl (C=O) groups is 1. The van der Waals surface area contributed by atoms with Gasteiger partial charge < -0.3 is 5.32 Å². The third-order valence-electron chi connectivity index (χ3n) is 3.39. The van der Waals surface area contributed by atoms with E-state index in [1.165, 1.54) is 17.4 Å². The number of halogens is 1. The number of nitrogens with one attached hydrogen (secondary N) is 1. The van der Waals surface area contributed by atoms with Gasteiger partial charge in [0.15, 0.2) is 0 Å². The number of carbonyl (C=O) groups excluding carboxylic acids is 1. The first-order chi connectivity index (χ1) is 11.1. The van der Waals surface area contributed by atoms with Gasteiger partial charge in [0.25, 0.3) is 0 Å². The lowest BCUT2D eigenvalue weighted by Crippen LogP contribution is -2.24. The summed E-state index contributed by atoms with van der Waals surface area (Å²) in [5.74, 6) is -0.371. The first kappa shape index (κ1) is 15.8. The standard InChI is InChI=1S/C17H15FN2OS2/c1-11-2-3-12(6-15(11)18)8-19-16(21)7-14-10-23-17(20-14)13-4-5-22-9-13/h2-6,9-10H,7-8H2,1H3,(H,19,21). The highest BCUT2D eigenvalue weighted by molar-refractivity contribution is 7.14. The van der Waals surface area contributed by atoms with Gasteiger partial charge in [-0.05, 0) is 35.6 Å². The van der Waals surface area contributed by atoms with Gasteiger partial charge in [-0.1, -0.05) is 12.1 Å². The Bertz CT molecular complexity index is 812. The predicted octanol–water partition coefficient (Wildman–Crippen LogP) is 4.18. The monoisotopic (exact) mass is 346 g/mol. The zero-order valence-corrected chi connectivity index (χ0v) is 14.1. The molecule has 1 N–H and O–H groups in total. The van der Waals surface area contributed by atoms with Crippen LogP contribution in [0.5, 0.6) is 0 Å². The maximum Gasteiger partial charge on any atom is 0.226 e. The normalized spacial score (nSPS) is 10.7. The first-order valence-electron chi connectivity index (χ1n) is 7.10. The highest BCUT2D eigenvalue weighted by Crippen LogP contribution is 2.25. The SMILES string of the molecule is Cc1ccc(CNC(=O)Cc2csc(-c3ccsc3)n2)cc1F. The van der Waals surface area contributed by atoms with Crippen LogP contribution in [0.1, 0.15) is 16.8 Å². The van der Waals surface area contributed by atoms with E-state index in [1.807, 2.05) is 28.3 Å². The number of aryl methyl sites for hydroxylation is 1. The molecule has 0 spiro atoms. The lowest BCUT2D eigenvalue weighted by molar-refractivity contribution is -0.120. The van der Waals surface area contributed by atoms with E-state index in [2.05, 4.69) is 10.3 Å². The molecule has 118 valence electrons. The van der Waals surface area contributed by atoms with Gasteiger partial charge in [0.1, 0.15) is 10.8 Å². The number of thiophene rings is 1. The van der Waals surface area contributed by atoms with E-state index in [-0.39, 0.29) is 18.1 Å². The van der Waals surface area contributed by atoms with E-state index < -0.39 is 0 Å². The lowest BCUT2D eigenvalue weighted by Gasteiger charge is -2.05. The summed E-state index contributed by atoms with van der Waals surface area (Å²) in [5, 5.41) is 9.67. The molecule has 0 fully saturated rings. The van der Waals surface area contributed by atoms with E-state index in [0.29, 0.717) is 12.1 Å². The number of hydrogen-bond acceptors (Lipinski definition) is 4. The zero-order chi connectivity index (χ0) is 16.2. The van der Waals surface area contributed by atoms with Crippen LogP contribution in [0.4, 0.5) is 4.39 Å². The molecule has 6 heteroatoms. The molecule has 3 rings (SSSR count). The number of nitrogens with zero attached hydrogens (tertiary/aromatic N) is 1.